The van der Waals surface area contributed by atoms with Crippen molar-refractivity contribution in [1.82, 2.24) is 9.88 Å². The number of nitrogens with zero attached hydrogens (tertiary/aromatic N) is 3. The summed E-state index contributed by atoms with van der Waals surface area (Å²) < 4.78 is 0. The van der Waals surface area contributed by atoms with E-state index in [1.54, 1.807) is 0 Å². The van der Waals surface area contributed by atoms with Crippen LogP contribution in [0.5, 0.6) is 0 Å². The standard InChI is InChI=1S/C15H23N3/c1-12-10-13(14-6-5-7-17(14)2)11-16-15(12)18-8-3-4-9-18/h10-11,14H,3-9H2,1-2H3. The smallest absolute Gasteiger partial charge is 0.131 e. The summed E-state index contributed by atoms with van der Waals surface area (Å²) in [6.45, 7) is 5.78. The lowest BCUT2D eigenvalue weighted by Gasteiger charge is -2.23. The van der Waals surface area contributed by atoms with Crippen LogP contribution in [0.2, 0.25) is 0 Å². The first-order chi connectivity index (χ1) is 8.75. The van der Waals surface area contributed by atoms with Gasteiger partial charge in [0, 0.05) is 25.3 Å². The Kier molecular flexibility index (Phi) is 3.25. The number of hydrogen-bond acceptors (Lipinski definition) is 3. The Labute approximate surface area is 110 Å². The maximum Gasteiger partial charge on any atom is 0.131 e. The number of aromatic nitrogens is 1. The van der Waals surface area contributed by atoms with Crippen LogP contribution in [0.3, 0.4) is 0 Å². The lowest BCUT2D eigenvalue weighted by molar-refractivity contribution is 0.317. The normalized spacial score (nSPS) is 25.0. The van der Waals surface area contributed by atoms with Crippen LogP contribution in [-0.2, 0) is 0 Å². The molecule has 3 rings (SSSR count). The number of anilines is 1. The van der Waals surface area contributed by atoms with Gasteiger partial charge in [-0.05, 0) is 63.4 Å². The summed E-state index contributed by atoms with van der Waals surface area (Å²) in [6, 6.07) is 2.94. The molecule has 2 aliphatic rings. The van der Waals surface area contributed by atoms with E-state index in [2.05, 4.69) is 36.0 Å². The van der Waals surface area contributed by atoms with E-state index in [1.807, 2.05) is 0 Å². The van der Waals surface area contributed by atoms with Gasteiger partial charge in [-0.2, -0.15) is 0 Å². The van der Waals surface area contributed by atoms with Gasteiger partial charge in [-0.3, -0.25) is 4.90 Å². The lowest BCUT2D eigenvalue weighted by Crippen LogP contribution is -2.21. The molecule has 2 saturated heterocycles. The minimum Gasteiger partial charge on any atom is -0.356 e. The predicted molar refractivity (Wildman–Crippen MR) is 75.0 cm³/mol. The molecule has 3 heteroatoms. The van der Waals surface area contributed by atoms with Crippen LogP contribution < -0.4 is 4.90 Å². The molecule has 0 aliphatic carbocycles. The monoisotopic (exact) mass is 245 g/mol. The topological polar surface area (TPSA) is 19.4 Å². The summed E-state index contributed by atoms with van der Waals surface area (Å²) in [5, 5.41) is 0. The highest BCUT2D eigenvalue weighted by Gasteiger charge is 2.24. The zero-order valence-electron chi connectivity index (χ0n) is 11.5. The number of hydrogen-bond donors (Lipinski definition) is 0. The molecule has 2 aliphatic heterocycles. The van der Waals surface area contributed by atoms with Gasteiger partial charge < -0.3 is 4.90 Å². The fourth-order valence-electron chi connectivity index (χ4n) is 3.36. The maximum absolute atomic E-state index is 4.74. The lowest BCUT2D eigenvalue weighted by atomic mass is 10.0. The Morgan fingerprint density at radius 2 is 1.94 bits per heavy atom. The van der Waals surface area contributed by atoms with Gasteiger partial charge in [0.2, 0.25) is 0 Å². The zero-order valence-corrected chi connectivity index (χ0v) is 11.5. The van der Waals surface area contributed by atoms with Gasteiger partial charge in [-0.1, -0.05) is 0 Å². The van der Waals surface area contributed by atoms with Crippen molar-refractivity contribution in [3.63, 3.8) is 0 Å². The highest BCUT2D eigenvalue weighted by Crippen LogP contribution is 2.32. The van der Waals surface area contributed by atoms with Crippen molar-refractivity contribution in [1.29, 1.82) is 0 Å². The molecular formula is C15H23N3. The second kappa shape index (κ2) is 4.88. The molecule has 3 heterocycles. The molecule has 0 bridgehead atoms. The Hall–Kier alpha value is -1.09. The number of likely N-dealkylation sites (tertiary alicyclic amines) is 1. The van der Waals surface area contributed by atoms with Gasteiger partial charge in [0.25, 0.3) is 0 Å². The van der Waals surface area contributed by atoms with Crippen molar-refractivity contribution in [2.24, 2.45) is 0 Å². The van der Waals surface area contributed by atoms with E-state index in [-0.39, 0.29) is 0 Å². The van der Waals surface area contributed by atoms with E-state index in [1.165, 1.54) is 62.3 Å². The molecule has 18 heavy (non-hydrogen) atoms. The van der Waals surface area contributed by atoms with E-state index in [0.717, 1.165) is 0 Å². The minimum atomic E-state index is 0.587. The van der Waals surface area contributed by atoms with Gasteiger partial charge >= 0.3 is 0 Å². The molecule has 1 aromatic rings. The second-order valence-electron chi connectivity index (χ2n) is 5.74. The van der Waals surface area contributed by atoms with Crippen molar-refractivity contribution in [2.75, 3.05) is 31.6 Å². The molecule has 1 atom stereocenters. The van der Waals surface area contributed by atoms with E-state index in [9.17, 15) is 0 Å². The second-order valence-corrected chi connectivity index (χ2v) is 5.74. The Bertz CT molecular complexity index is 424. The summed E-state index contributed by atoms with van der Waals surface area (Å²) >= 11 is 0. The third kappa shape index (κ3) is 2.12. The van der Waals surface area contributed by atoms with E-state index < -0.39 is 0 Å². The Balaban J connectivity index is 1.84. The zero-order chi connectivity index (χ0) is 12.5. The average molecular weight is 245 g/mol. The van der Waals surface area contributed by atoms with Crippen molar-refractivity contribution < 1.29 is 0 Å². The van der Waals surface area contributed by atoms with Crippen molar-refractivity contribution >= 4 is 5.82 Å². The fraction of sp³-hybridized carbons (Fsp3) is 0.667. The van der Waals surface area contributed by atoms with Crippen LogP contribution in [-0.4, -0.2) is 36.6 Å². The maximum atomic E-state index is 4.74. The first kappa shape index (κ1) is 12.0. The Morgan fingerprint density at radius 3 is 2.56 bits per heavy atom. The molecule has 0 saturated carbocycles. The van der Waals surface area contributed by atoms with Gasteiger partial charge in [0.15, 0.2) is 0 Å². The molecule has 1 aromatic heterocycles. The summed E-state index contributed by atoms with van der Waals surface area (Å²) in [5.74, 6) is 1.21. The first-order valence-corrected chi connectivity index (χ1v) is 7.17. The summed E-state index contributed by atoms with van der Waals surface area (Å²) in [7, 11) is 2.22. The molecule has 0 N–H and O–H groups in total. The van der Waals surface area contributed by atoms with Gasteiger partial charge in [0.05, 0.1) is 0 Å². The van der Waals surface area contributed by atoms with Crippen LogP contribution in [0, 0.1) is 6.92 Å². The number of pyridine rings is 1. The first-order valence-electron chi connectivity index (χ1n) is 7.17. The summed E-state index contributed by atoms with van der Waals surface area (Å²) in [4.78, 5) is 9.62. The quantitative estimate of drug-likeness (QED) is 0.798. The molecule has 98 valence electrons. The summed E-state index contributed by atoms with van der Waals surface area (Å²) in [5.41, 5.74) is 2.74. The van der Waals surface area contributed by atoms with E-state index in [4.69, 9.17) is 4.98 Å². The SMILES string of the molecule is Cc1cc(C2CCCN2C)cnc1N1CCCC1. The van der Waals surface area contributed by atoms with Crippen LogP contribution >= 0.6 is 0 Å². The average Bonchev–Trinajstić information content (AvgIpc) is 2.99. The van der Waals surface area contributed by atoms with Crippen molar-refractivity contribution in [3.8, 4) is 0 Å². The molecule has 0 radical (unpaired) electrons. The molecule has 0 aromatic carbocycles. The molecule has 1 unspecified atom stereocenters. The van der Waals surface area contributed by atoms with Crippen LogP contribution in [0.15, 0.2) is 12.3 Å². The van der Waals surface area contributed by atoms with E-state index >= 15 is 0 Å². The number of aryl methyl sites for hydroxylation is 1. The molecular weight excluding hydrogens is 222 g/mol. The fourth-order valence-corrected chi connectivity index (χ4v) is 3.36. The minimum absolute atomic E-state index is 0.587. The highest BCUT2D eigenvalue weighted by molar-refractivity contribution is 5.48. The largest absolute Gasteiger partial charge is 0.356 e. The van der Waals surface area contributed by atoms with Gasteiger partial charge in [-0.15, -0.1) is 0 Å². The van der Waals surface area contributed by atoms with Crippen LogP contribution in [0.1, 0.15) is 42.9 Å². The third-order valence-electron chi connectivity index (χ3n) is 4.38. The summed E-state index contributed by atoms with van der Waals surface area (Å²) in [6.07, 6.45) is 7.32. The number of rotatable bonds is 2. The molecule has 3 nitrogen and oxygen atoms in total. The molecule has 2 fully saturated rings. The van der Waals surface area contributed by atoms with Crippen molar-refractivity contribution in [2.45, 2.75) is 38.6 Å². The molecule has 0 amide bonds. The molecule has 0 spiro atoms. The predicted octanol–water partition coefficient (Wildman–Crippen LogP) is 2.76. The Morgan fingerprint density at radius 1 is 1.17 bits per heavy atom. The third-order valence-corrected chi connectivity index (χ3v) is 4.38. The van der Waals surface area contributed by atoms with Gasteiger partial charge in [0.1, 0.15) is 5.82 Å². The van der Waals surface area contributed by atoms with Gasteiger partial charge in [-0.25, -0.2) is 4.98 Å². The van der Waals surface area contributed by atoms with Crippen LogP contribution in [0.25, 0.3) is 0 Å². The highest BCUT2D eigenvalue weighted by atomic mass is 15.2. The van der Waals surface area contributed by atoms with E-state index in [0.29, 0.717) is 6.04 Å². The van der Waals surface area contributed by atoms with Crippen molar-refractivity contribution in [3.05, 3.63) is 23.4 Å². The van der Waals surface area contributed by atoms with Crippen LogP contribution in [0.4, 0.5) is 5.82 Å².